The molecule has 1 aromatic carbocycles. The van der Waals surface area contributed by atoms with Gasteiger partial charge in [0.1, 0.15) is 11.4 Å². The summed E-state index contributed by atoms with van der Waals surface area (Å²) in [5, 5.41) is 22.0. The van der Waals surface area contributed by atoms with Gasteiger partial charge in [0.15, 0.2) is 5.82 Å². The van der Waals surface area contributed by atoms with Crippen molar-refractivity contribution in [1.82, 2.24) is 30.0 Å². The lowest BCUT2D eigenvalue weighted by atomic mass is 10.1. The number of benzene rings is 1. The number of hydrogen-bond donors (Lipinski definition) is 2. The summed E-state index contributed by atoms with van der Waals surface area (Å²) in [5.74, 6) is 0.738. The van der Waals surface area contributed by atoms with Crippen LogP contribution < -0.4 is 5.32 Å². The summed E-state index contributed by atoms with van der Waals surface area (Å²) in [7, 11) is 0. The molecular formula is C18H18N6O. The van der Waals surface area contributed by atoms with Crippen LogP contribution in [0.15, 0.2) is 48.7 Å². The van der Waals surface area contributed by atoms with Gasteiger partial charge >= 0.3 is 0 Å². The molecule has 1 aliphatic heterocycles. The van der Waals surface area contributed by atoms with Gasteiger partial charge in [0, 0.05) is 24.0 Å². The zero-order valence-electron chi connectivity index (χ0n) is 13.6. The maximum Gasteiger partial charge on any atom is 0.174 e. The van der Waals surface area contributed by atoms with E-state index in [9.17, 15) is 5.11 Å². The number of imidazole rings is 1. The van der Waals surface area contributed by atoms with Gasteiger partial charge in [0.2, 0.25) is 0 Å². The smallest absolute Gasteiger partial charge is 0.174 e. The first-order valence-electron chi connectivity index (χ1n) is 8.21. The Morgan fingerprint density at radius 1 is 1.16 bits per heavy atom. The van der Waals surface area contributed by atoms with Gasteiger partial charge < -0.3 is 15.0 Å². The molecule has 0 atom stereocenters. The summed E-state index contributed by atoms with van der Waals surface area (Å²) < 4.78 is 1.82. The largest absolute Gasteiger partial charge is 0.507 e. The van der Waals surface area contributed by atoms with E-state index in [1.807, 2.05) is 22.9 Å². The van der Waals surface area contributed by atoms with Crippen molar-refractivity contribution in [2.45, 2.75) is 12.8 Å². The lowest BCUT2D eigenvalue weighted by Crippen LogP contribution is -2.23. The van der Waals surface area contributed by atoms with Crippen molar-refractivity contribution in [2.24, 2.45) is 0 Å². The summed E-state index contributed by atoms with van der Waals surface area (Å²) in [4.78, 5) is 8.37. The van der Waals surface area contributed by atoms with E-state index in [0.717, 1.165) is 31.6 Å². The Kier molecular flexibility index (Phi) is 4.22. The fourth-order valence-electron chi connectivity index (χ4n) is 2.86. The minimum Gasteiger partial charge on any atom is -0.507 e. The monoisotopic (exact) mass is 334 g/mol. The van der Waals surface area contributed by atoms with Crippen molar-refractivity contribution >= 4 is 6.08 Å². The number of nitrogens with zero attached hydrogens (tertiary/aromatic N) is 5. The van der Waals surface area contributed by atoms with Gasteiger partial charge in [-0.1, -0.05) is 5.57 Å². The van der Waals surface area contributed by atoms with E-state index >= 15 is 0 Å². The zero-order chi connectivity index (χ0) is 17.1. The summed E-state index contributed by atoms with van der Waals surface area (Å²) in [6.07, 6.45) is 10.9. The Bertz CT molecular complexity index is 878. The molecule has 0 radical (unpaired) electrons. The lowest BCUT2D eigenvalue weighted by molar-refractivity contribution is 0.476. The van der Waals surface area contributed by atoms with Crippen LogP contribution in [0.1, 0.15) is 18.7 Å². The minimum absolute atomic E-state index is 0.131. The highest BCUT2D eigenvalue weighted by molar-refractivity contribution is 5.68. The fraction of sp³-hybridized carbons (Fsp3) is 0.222. The van der Waals surface area contributed by atoms with Crippen LogP contribution in [0.5, 0.6) is 5.75 Å². The minimum atomic E-state index is 0.131. The normalized spacial score (nSPS) is 14.5. The maximum atomic E-state index is 10.3. The van der Waals surface area contributed by atoms with Crippen LogP contribution in [0, 0.1) is 0 Å². The van der Waals surface area contributed by atoms with Gasteiger partial charge in [0.05, 0.1) is 18.2 Å². The van der Waals surface area contributed by atoms with Crippen LogP contribution in [0.2, 0.25) is 0 Å². The molecule has 0 saturated carbocycles. The second-order valence-electron chi connectivity index (χ2n) is 5.93. The third-order valence-electron chi connectivity index (χ3n) is 4.22. The molecule has 7 heteroatoms. The number of aromatic hydroxyl groups is 1. The zero-order valence-corrected chi connectivity index (χ0v) is 13.6. The predicted molar refractivity (Wildman–Crippen MR) is 94.1 cm³/mol. The molecule has 3 heterocycles. The molecule has 25 heavy (non-hydrogen) atoms. The number of hydrogen-bond acceptors (Lipinski definition) is 6. The van der Waals surface area contributed by atoms with Crippen molar-refractivity contribution in [2.75, 3.05) is 13.1 Å². The first-order chi connectivity index (χ1) is 12.3. The number of piperidine rings is 1. The van der Waals surface area contributed by atoms with Crippen molar-refractivity contribution in [3.05, 3.63) is 54.5 Å². The third-order valence-corrected chi connectivity index (χ3v) is 4.22. The van der Waals surface area contributed by atoms with E-state index in [1.54, 1.807) is 30.9 Å². The van der Waals surface area contributed by atoms with Gasteiger partial charge in [-0.25, -0.2) is 9.97 Å². The van der Waals surface area contributed by atoms with Crippen molar-refractivity contribution < 1.29 is 5.11 Å². The summed E-state index contributed by atoms with van der Waals surface area (Å²) in [6, 6.07) is 5.37. The fourth-order valence-corrected chi connectivity index (χ4v) is 2.86. The van der Waals surface area contributed by atoms with E-state index in [2.05, 4.69) is 25.5 Å². The molecule has 0 amide bonds. The highest BCUT2D eigenvalue weighted by atomic mass is 16.3. The van der Waals surface area contributed by atoms with Crippen molar-refractivity contribution in [3.8, 4) is 22.7 Å². The van der Waals surface area contributed by atoms with Gasteiger partial charge in [-0.05, 0) is 44.1 Å². The van der Waals surface area contributed by atoms with Gasteiger partial charge in [-0.2, -0.15) is 0 Å². The molecule has 2 aromatic heterocycles. The van der Waals surface area contributed by atoms with Crippen LogP contribution in [0.3, 0.4) is 0 Å². The highest BCUT2D eigenvalue weighted by Gasteiger charge is 2.10. The summed E-state index contributed by atoms with van der Waals surface area (Å²) in [6.45, 7) is 1.99. The van der Waals surface area contributed by atoms with Crippen LogP contribution in [-0.2, 0) is 0 Å². The highest BCUT2D eigenvalue weighted by Crippen LogP contribution is 2.29. The lowest BCUT2D eigenvalue weighted by Gasteiger charge is -2.14. The Morgan fingerprint density at radius 3 is 2.72 bits per heavy atom. The third kappa shape index (κ3) is 3.41. The molecule has 4 rings (SSSR count). The Balaban J connectivity index is 1.57. The van der Waals surface area contributed by atoms with E-state index in [1.165, 1.54) is 5.57 Å². The van der Waals surface area contributed by atoms with E-state index in [0.29, 0.717) is 17.1 Å². The first kappa shape index (κ1) is 15.5. The molecule has 3 aromatic rings. The van der Waals surface area contributed by atoms with Gasteiger partial charge in [0.25, 0.3) is 0 Å². The number of rotatable bonds is 3. The van der Waals surface area contributed by atoms with Crippen LogP contribution in [0.25, 0.3) is 23.0 Å². The predicted octanol–water partition coefficient (Wildman–Crippen LogP) is 2.20. The molecule has 0 spiro atoms. The van der Waals surface area contributed by atoms with E-state index in [4.69, 9.17) is 0 Å². The number of phenols is 1. The molecule has 0 bridgehead atoms. The molecule has 2 N–H and O–H groups in total. The quantitative estimate of drug-likeness (QED) is 0.763. The topological polar surface area (TPSA) is 88.8 Å². The maximum absolute atomic E-state index is 10.3. The molecule has 1 fully saturated rings. The number of nitrogens with one attached hydrogen (secondary N) is 1. The molecule has 1 aliphatic rings. The Morgan fingerprint density at radius 2 is 2.04 bits per heavy atom. The average Bonchev–Trinajstić information content (AvgIpc) is 3.18. The standard InChI is InChI=1S/C18H18N6O/c25-17-10-14(24-8-7-20-12-24)1-2-15(17)16-11-21-18(23-22-16)9-13-3-5-19-6-4-13/h1-2,7-12,19,25H,3-6H2. The molecule has 1 saturated heterocycles. The van der Waals surface area contributed by atoms with E-state index in [-0.39, 0.29) is 5.75 Å². The Labute approximate surface area is 145 Å². The number of phenolic OH excluding ortho intramolecular Hbond substituents is 1. The summed E-state index contributed by atoms with van der Waals surface area (Å²) >= 11 is 0. The van der Waals surface area contributed by atoms with Crippen LogP contribution in [-0.4, -0.2) is 42.9 Å². The van der Waals surface area contributed by atoms with Crippen LogP contribution in [0.4, 0.5) is 0 Å². The van der Waals surface area contributed by atoms with Gasteiger partial charge in [-0.3, -0.25) is 0 Å². The van der Waals surface area contributed by atoms with Crippen LogP contribution >= 0.6 is 0 Å². The van der Waals surface area contributed by atoms with E-state index < -0.39 is 0 Å². The second kappa shape index (κ2) is 6.82. The van der Waals surface area contributed by atoms with Crippen molar-refractivity contribution in [3.63, 3.8) is 0 Å². The first-order valence-corrected chi connectivity index (χ1v) is 8.21. The second-order valence-corrected chi connectivity index (χ2v) is 5.93. The van der Waals surface area contributed by atoms with Crippen molar-refractivity contribution in [1.29, 1.82) is 0 Å². The molecular weight excluding hydrogens is 316 g/mol. The molecule has 7 nitrogen and oxygen atoms in total. The molecule has 0 aliphatic carbocycles. The summed E-state index contributed by atoms with van der Waals surface area (Å²) in [5.41, 5.74) is 3.31. The SMILES string of the molecule is Oc1cc(-n2ccnc2)ccc1-c1cnc(C=C2CCNCC2)nn1. The Hall–Kier alpha value is -3.06. The molecule has 0 unspecified atom stereocenters. The number of aromatic nitrogens is 5. The van der Waals surface area contributed by atoms with Gasteiger partial charge in [-0.15, -0.1) is 10.2 Å². The average molecular weight is 334 g/mol. The molecule has 126 valence electrons.